The van der Waals surface area contributed by atoms with Gasteiger partial charge in [-0.1, -0.05) is 70.9 Å². The third kappa shape index (κ3) is 6.09. The molecule has 0 spiro atoms. The molecule has 0 bridgehead atoms. The summed E-state index contributed by atoms with van der Waals surface area (Å²) >= 11 is 13.2. The van der Waals surface area contributed by atoms with Crippen molar-refractivity contribution in [3.63, 3.8) is 0 Å². The molecule has 0 saturated carbocycles. The third-order valence-electron chi connectivity index (χ3n) is 7.00. The Kier molecular flexibility index (Phi) is 8.00. The number of halogens is 3. The number of thiophene rings is 1. The quantitative estimate of drug-likeness (QED) is 0.377. The number of nitrogens with one attached hydrogen (secondary N) is 1. The molecule has 5 rings (SSSR count). The van der Waals surface area contributed by atoms with E-state index in [1.807, 2.05) is 30.3 Å². The average Bonchev–Trinajstić information content (AvgIpc) is 3.57. The van der Waals surface area contributed by atoms with Gasteiger partial charge in [-0.3, -0.25) is 4.79 Å². The number of benzene rings is 2. The number of amides is 2. The summed E-state index contributed by atoms with van der Waals surface area (Å²) in [6.45, 7) is 3.64. The van der Waals surface area contributed by atoms with Crippen LogP contribution in [0.5, 0.6) is 5.06 Å². The molecular weight excluding hydrogens is 536 g/mol. The van der Waals surface area contributed by atoms with E-state index >= 15 is 0 Å². The molecule has 3 aromatic rings. The zero-order valence-electron chi connectivity index (χ0n) is 19.9. The molecule has 0 aliphatic carbocycles. The van der Waals surface area contributed by atoms with E-state index in [1.165, 1.54) is 23.5 Å². The van der Waals surface area contributed by atoms with Crippen molar-refractivity contribution in [1.29, 1.82) is 0 Å². The lowest BCUT2D eigenvalue weighted by Crippen LogP contribution is -2.36. The molecule has 2 aliphatic rings. The van der Waals surface area contributed by atoms with Crippen LogP contribution < -0.4 is 10.1 Å². The maximum Gasteiger partial charge on any atom is 0.413 e. The van der Waals surface area contributed by atoms with Crippen molar-refractivity contribution in [2.45, 2.75) is 12.5 Å². The van der Waals surface area contributed by atoms with Gasteiger partial charge >= 0.3 is 6.09 Å². The smallest absolute Gasteiger partial charge is 0.399 e. The Morgan fingerprint density at radius 2 is 1.73 bits per heavy atom. The molecule has 10 heteroatoms. The van der Waals surface area contributed by atoms with Gasteiger partial charge in [-0.05, 0) is 48.1 Å². The molecule has 2 aromatic carbocycles. The van der Waals surface area contributed by atoms with Crippen LogP contribution in [0.4, 0.5) is 9.18 Å². The summed E-state index contributed by atoms with van der Waals surface area (Å²) in [5.41, 5.74) is 0.955. The van der Waals surface area contributed by atoms with Gasteiger partial charge in [-0.2, -0.15) is 0 Å². The minimum absolute atomic E-state index is 0.0468. The second-order valence-corrected chi connectivity index (χ2v) is 11.5. The molecule has 2 saturated heterocycles. The summed E-state index contributed by atoms with van der Waals surface area (Å²) in [5.74, 6) is -0.281. The van der Waals surface area contributed by atoms with Crippen molar-refractivity contribution in [2.24, 2.45) is 11.8 Å². The maximum atomic E-state index is 14.3. The fourth-order valence-electron chi connectivity index (χ4n) is 5.23. The van der Waals surface area contributed by atoms with E-state index in [4.69, 9.17) is 27.9 Å². The molecule has 1 N–H and O–H groups in total. The summed E-state index contributed by atoms with van der Waals surface area (Å²) in [4.78, 5) is 29.6. The summed E-state index contributed by atoms with van der Waals surface area (Å²) in [6.07, 6.45) is 0.184. The average molecular weight is 562 g/mol. The minimum atomic E-state index is -0.587. The Bertz CT molecular complexity index is 1240. The first-order valence-corrected chi connectivity index (χ1v) is 13.7. The monoisotopic (exact) mass is 561 g/mol. The molecule has 37 heavy (non-hydrogen) atoms. The van der Waals surface area contributed by atoms with Crippen LogP contribution in [0, 0.1) is 17.7 Å². The van der Waals surface area contributed by atoms with Crippen LogP contribution in [0.2, 0.25) is 9.36 Å². The van der Waals surface area contributed by atoms with Crippen molar-refractivity contribution in [3.8, 4) is 5.06 Å². The molecule has 2 amide bonds. The predicted molar refractivity (Wildman–Crippen MR) is 143 cm³/mol. The van der Waals surface area contributed by atoms with Crippen LogP contribution in [-0.4, -0.2) is 54.5 Å². The Balaban J connectivity index is 1.16. The lowest BCUT2D eigenvalue weighted by atomic mass is 10.0. The van der Waals surface area contributed by atoms with E-state index < -0.39 is 11.9 Å². The number of carbonyl (C=O) groups excluding carboxylic acids is 2. The van der Waals surface area contributed by atoms with Crippen LogP contribution in [0.15, 0.2) is 60.7 Å². The van der Waals surface area contributed by atoms with Gasteiger partial charge < -0.3 is 19.9 Å². The second-order valence-electron chi connectivity index (χ2n) is 9.43. The zero-order valence-corrected chi connectivity index (χ0v) is 22.2. The van der Waals surface area contributed by atoms with Gasteiger partial charge in [0.25, 0.3) is 5.91 Å². The van der Waals surface area contributed by atoms with Crippen LogP contribution in [0.1, 0.15) is 28.4 Å². The van der Waals surface area contributed by atoms with Crippen molar-refractivity contribution >= 4 is 46.5 Å². The molecule has 3 atom stereocenters. The van der Waals surface area contributed by atoms with E-state index in [2.05, 4.69) is 10.2 Å². The molecule has 194 valence electrons. The highest BCUT2D eigenvalue weighted by atomic mass is 35.5. The highest BCUT2D eigenvalue weighted by molar-refractivity contribution is 7.17. The molecule has 3 heterocycles. The van der Waals surface area contributed by atoms with E-state index in [0.29, 0.717) is 40.7 Å². The number of rotatable bonds is 7. The topological polar surface area (TPSA) is 61.9 Å². The zero-order chi connectivity index (χ0) is 25.9. The number of hydrogen-bond donors (Lipinski definition) is 1. The molecule has 1 aromatic heterocycles. The standard InChI is InChI=1S/C27H26Cl2FN3O3S/c28-20-7-4-8-21(30)25(20)26(34)33-15-18-13-32(14-19(18)16-33)12-11-22(17-5-2-1-3-6-17)31-27(35)36-24-10-9-23(29)37-24/h1-10,18-19,22H,11-16H2,(H,31,35)/t18-,19?,22?/m0/s1. The Morgan fingerprint density at radius 1 is 1.00 bits per heavy atom. The van der Waals surface area contributed by atoms with Gasteiger partial charge in [0.05, 0.1) is 21.0 Å². The van der Waals surface area contributed by atoms with Gasteiger partial charge in [0.1, 0.15) is 5.82 Å². The van der Waals surface area contributed by atoms with Crippen LogP contribution >= 0.6 is 34.5 Å². The molecule has 2 unspecified atom stereocenters. The van der Waals surface area contributed by atoms with Crippen molar-refractivity contribution in [3.05, 3.63) is 87.0 Å². The molecule has 2 fully saturated rings. The SMILES string of the molecule is O=C(NC(CCN1CC2CN(C(=O)c3c(F)cccc3Cl)C[C@@H]2C1)c1ccccc1)Oc1ccc(Cl)s1. The first-order valence-electron chi connectivity index (χ1n) is 12.1. The van der Waals surface area contributed by atoms with Gasteiger partial charge in [0.15, 0.2) is 5.06 Å². The lowest BCUT2D eigenvalue weighted by Gasteiger charge is -2.25. The lowest BCUT2D eigenvalue weighted by molar-refractivity contribution is 0.0769. The van der Waals surface area contributed by atoms with E-state index in [9.17, 15) is 14.0 Å². The largest absolute Gasteiger partial charge is 0.413 e. The van der Waals surface area contributed by atoms with Gasteiger partial charge in [0, 0.05) is 32.7 Å². The minimum Gasteiger partial charge on any atom is -0.399 e. The fraction of sp³-hybridized carbons (Fsp3) is 0.333. The maximum absolute atomic E-state index is 14.3. The van der Waals surface area contributed by atoms with E-state index in [-0.39, 0.29) is 22.5 Å². The number of ether oxygens (including phenoxy) is 1. The molecule has 0 radical (unpaired) electrons. The molecule has 6 nitrogen and oxygen atoms in total. The normalized spacial score (nSPS) is 20.0. The van der Waals surface area contributed by atoms with Crippen molar-refractivity contribution in [2.75, 3.05) is 32.7 Å². The van der Waals surface area contributed by atoms with Gasteiger partial charge in [0.2, 0.25) is 0 Å². The van der Waals surface area contributed by atoms with Crippen molar-refractivity contribution in [1.82, 2.24) is 15.1 Å². The summed E-state index contributed by atoms with van der Waals surface area (Å²) < 4.78 is 20.2. The van der Waals surface area contributed by atoms with Gasteiger partial charge in [-0.25, -0.2) is 9.18 Å². The van der Waals surface area contributed by atoms with Crippen molar-refractivity contribution < 1.29 is 18.7 Å². The molecular formula is C27H26Cl2FN3O3S. The summed E-state index contributed by atoms with van der Waals surface area (Å²) in [7, 11) is 0. The summed E-state index contributed by atoms with van der Waals surface area (Å²) in [5, 5.41) is 3.58. The molecule has 2 aliphatic heterocycles. The first-order chi connectivity index (χ1) is 17.9. The Morgan fingerprint density at radius 3 is 2.38 bits per heavy atom. The highest BCUT2D eigenvalue weighted by Crippen LogP contribution is 2.34. The number of nitrogens with zero attached hydrogens (tertiary/aromatic N) is 2. The van der Waals surface area contributed by atoms with Crippen LogP contribution in [0.3, 0.4) is 0 Å². The Labute approximate surface area is 228 Å². The number of carbonyl (C=O) groups is 2. The number of likely N-dealkylation sites (tertiary alicyclic amines) is 2. The second kappa shape index (κ2) is 11.4. The predicted octanol–water partition coefficient (Wildman–Crippen LogP) is 6.12. The van der Waals surface area contributed by atoms with Crippen LogP contribution in [0.25, 0.3) is 0 Å². The summed E-state index contributed by atoms with van der Waals surface area (Å²) in [6, 6.07) is 17.3. The third-order valence-corrected chi connectivity index (χ3v) is 8.42. The number of fused-ring (bicyclic) bond motifs is 1. The first kappa shape index (κ1) is 26.0. The Hall–Kier alpha value is -2.65. The van der Waals surface area contributed by atoms with Crippen LogP contribution in [-0.2, 0) is 0 Å². The fourth-order valence-corrected chi connectivity index (χ4v) is 6.35. The van der Waals surface area contributed by atoms with E-state index in [0.717, 1.165) is 25.2 Å². The van der Waals surface area contributed by atoms with Gasteiger partial charge in [-0.15, -0.1) is 0 Å². The van der Waals surface area contributed by atoms with E-state index in [1.54, 1.807) is 23.1 Å². The highest BCUT2D eigenvalue weighted by Gasteiger charge is 2.42. The number of hydrogen-bond acceptors (Lipinski definition) is 5.